The van der Waals surface area contributed by atoms with Gasteiger partial charge in [-0.25, -0.2) is 28.4 Å². The van der Waals surface area contributed by atoms with Crippen LogP contribution in [-0.2, 0) is 36.8 Å². The molecule has 18 nitrogen and oxygen atoms in total. The molecule has 4 heterocycles. The third-order valence-corrected chi connectivity index (χ3v) is 14.6. The van der Waals surface area contributed by atoms with Crippen LogP contribution in [0.25, 0.3) is 11.3 Å². The maximum atomic E-state index is 16.2. The number of pyridine rings is 1. The summed E-state index contributed by atoms with van der Waals surface area (Å²) >= 11 is 0. The Morgan fingerprint density at radius 3 is 1.85 bits per heavy atom. The molecule has 7 rings (SSSR count). The number of hydrogen-bond acceptors (Lipinski definition) is 13. The number of carbonyl (C=O) groups is 4. The first-order chi connectivity index (χ1) is 37.1. The molecular formula is C53H62F8N10O8. The Morgan fingerprint density at radius 2 is 1.33 bits per heavy atom. The zero-order chi connectivity index (χ0) is 57.8. The fourth-order valence-electron chi connectivity index (χ4n) is 9.00. The van der Waals surface area contributed by atoms with Gasteiger partial charge in [-0.3, -0.25) is 24.6 Å². The third-order valence-electron chi connectivity index (χ3n) is 14.6. The van der Waals surface area contributed by atoms with Crippen LogP contribution in [0.3, 0.4) is 0 Å². The minimum absolute atomic E-state index is 0.00485. The SMILES string of the molecule is COC(=O)N[C@H](C(=O)N[C@@H](Cc1ccc(C#Cc2ccc(N3CC4COCC(C3)N4C)nc2)cc1)[C@@H](O)CN(Cc1c(F)cc(-c2ccn(C3CC3)n2)cc1F)NC(=O)[C@@H](NC(=O)OC)C(C)(C)C(F)(F)F)C(C)(C)C(F)(F)F. The normalized spacial score (nSPS) is 18.6. The minimum atomic E-state index is -5.18. The van der Waals surface area contributed by atoms with Crippen molar-refractivity contribution in [1.82, 2.24) is 46.0 Å². The zero-order valence-corrected chi connectivity index (χ0v) is 44.3. The summed E-state index contributed by atoms with van der Waals surface area (Å²) in [6.45, 7) is 3.11. The fraction of sp³-hybridized carbons (Fsp3) is 0.509. The number of amides is 4. The quantitative estimate of drug-likeness (QED) is 0.0440. The number of anilines is 1. The molecule has 0 spiro atoms. The summed E-state index contributed by atoms with van der Waals surface area (Å²) in [6.07, 6.45) is -10.7. The van der Waals surface area contributed by atoms with E-state index in [-0.39, 0.29) is 29.4 Å². The van der Waals surface area contributed by atoms with Gasteiger partial charge in [0.25, 0.3) is 5.91 Å². The number of likely N-dealkylation sites (N-methyl/N-ethyl adjacent to an activating group) is 1. The minimum Gasteiger partial charge on any atom is -0.453 e. The number of halogens is 8. The summed E-state index contributed by atoms with van der Waals surface area (Å²) in [6, 6.07) is 7.25. The number of methoxy groups -OCH3 is 2. The van der Waals surface area contributed by atoms with Crippen molar-refractivity contribution in [1.29, 1.82) is 0 Å². The molecule has 6 atom stereocenters. The van der Waals surface area contributed by atoms with Gasteiger partial charge in [0.15, 0.2) is 0 Å². The summed E-state index contributed by atoms with van der Waals surface area (Å²) in [7, 11) is 3.75. The molecule has 2 aliphatic heterocycles. The second kappa shape index (κ2) is 24.1. The zero-order valence-electron chi connectivity index (χ0n) is 44.3. The summed E-state index contributed by atoms with van der Waals surface area (Å²) in [5.41, 5.74) is -3.12. The van der Waals surface area contributed by atoms with Crippen molar-refractivity contribution in [3.05, 3.63) is 101 Å². The monoisotopic (exact) mass is 1120 g/mol. The summed E-state index contributed by atoms with van der Waals surface area (Å²) in [5, 5.41) is 23.2. The molecule has 1 aliphatic carbocycles. The van der Waals surface area contributed by atoms with Gasteiger partial charge in [0.2, 0.25) is 5.91 Å². The van der Waals surface area contributed by atoms with Crippen LogP contribution in [0.1, 0.15) is 68.8 Å². The standard InChI is InChI=1S/C53H62F8N10O8/c1-50(2,52(56,57)58)44(64-48(75)77-6)46(73)63-41(20-31-11-8-30(9-12-31)10-13-32-14-17-43(62-23-32)69-24-35-28-79-29-36(25-69)68(35)5)42(72)27-70(67-47(74)45(65-49(76)78-7)51(3,4)53(59,60)61)26-37-38(54)21-33(22-39(37)55)40-18-19-71(66-40)34-15-16-34/h8-9,11-12,14,17-19,21-23,34-36,41-42,44-45,72H,15-16,20,24-29H2,1-7H3,(H,63,73)(H,64,75)(H,65,76)(H,67,74)/t35?,36?,41-,42-,44+,45+/m0/s1. The first kappa shape index (κ1) is 59.6. The number of piperazine rings is 1. The summed E-state index contributed by atoms with van der Waals surface area (Å²) < 4.78 is 136. The van der Waals surface area contributed by atoms with Gasteiger partial charge >= 0.3 is 24.5 Å². The van der Waals surface area contributed by atoms with Crippen LogP contribution < -0.4 is 26.3 Å². The van der Waals surface area contributed by atoms with Gasteiger partial charge in [0, 0.05) is 60.8 Å². The number of benzene rings is 2. The Labute approximate surface area is 450 Å². The topological polar surface area (TPSA) is 205 Å². The van der Waals surface area contributed by atoms with Crippen molar-refractivity contribution >= 4 is 29.8 Å². The van der Waals surface area contributed by atoms with E-state index in [0.29, 0.717) is 62.6 Å². The van der Waals surface area contributed by atoms with Gasteiger partial charge in [0.1, 0.15) is 29.5 Å². The van der Waals surface area contributed by atoms with Gasteiger partial charge in [-0.2, -0.15) is 31.4 Å². The van der Waals surface area contributed by atoms with Crippen LogP contribution >= 0.6 is 0 Å². The number of hydrogen-bond donors (Lipinski definition) is 5. The van der Waals surface area contributed by atoms with E-state index >= 15 is 8.78 Å². The van der Waals surface area contributed by atoms with Crippen LogP contribution in [0.15, 0.2) is 67.0 Å². The molecule has 3 aliphatic rings. The number of nitrogens with zero attached hydrogens (tertiary/aromatic N) is 6. The molecule has 2 unspecified atom stereocenters. The molecule has 3 fully saturated rings. The highest BCUT2D eigenvalue weighted by Gasteiger charge is 2.57. The maximum Gasteiger partial charge on any atom is 0.407 e. The molecule has 2 bridgehead atoms. The first-order valence-corrected chi connectivity index (χ1v) is 25.1. The van der Waals surface area contributed by atoms with Gasteiger partial charge in [-0.05, 0) is 102 Å². The number of morpholine rings is 1. The Bertz CT molecular complexity index is 2850. The van der Waals surface area contributed by atoms with Crippen molar-refractivity contribution in [2.75, 3.05) is 59.0 Å². The fourth-order valence-corrected chi connectivity index (χ4v) is 9.00. The van der Waals surface area contributed by atoms with Crippen LogP contribution in [0.5, 0.6) is 0 Å². The van der Waals surface area contributed by atoms with E-state index in [0.717, 1.165) is 58.1 Å². The number of carbonyl (C=O) groups excluding carboxylic acids is 4. The Kier molecular flexibility index (Phi) is 18.2. The van der Waals surface area contributed by atoms with E-state index in [1.54, 1.807) is 29.2 Å². The van der Waals surface area contributed by atoms with Crippen molar-refractivity contribution in [2.45, 2.75) is 108 Å². The van der Waals surface area contributed by atoms with E-state index in [2.05, 4.69) is 59.0 Å². The first-order valence-electron chi connectivity index (χ1n) is 25.1. The molecule has 4 aromatic rings. The van der Waals surface area contributed by atoms with Crippen molar-refractivity contribution in [3.8, 4) is 23.1 Å². The number of aromatic nitrogens is 3. The van der Waals surface area contributed by atoms with Crippen molar-refractivity contribution < 1.29 is 73.6 Å². The second-order valence-electron chi connectivity index (χ2n) is 20.9. The van der Waals surface area contributed by atoms with Gasteiger partial charge in [-0.1, -0.05) is 24.0 Å². The molecule has 79 heavy (non-hydrogen) atoms. The van der Waals surface area contributed by atoms with Gasteiger partial charge < -0.3 is 40.2 Å². The number of rotatable bonds is 18. The largest absolute Gasteiger partial charge is 0.453 e. The lowest BCUT2D eigenvalue weighted by Gasteiger charge is -2.48. The van der Waals surface area contributed by atoms with Crippen LogP contribution in [0.4, 0.5) is 50.5 Å². The van der Waals surface area contributed by atoms with E-state index in [4.69, 9.17) is 4.74 Å². The molecule has 0 radical (unpaired) electrons. The highest BCUT2D eigenvalue weighted by molar-refractivity contribution is 5.87. The Hall–Kier alpha value is -7.08. The van der Waals surface area contributed by atoms with Crippen LogP contribution in [0, 0.1) is 34.3 Å². The number of hydrazine groups is 1. The number of ether oxygens (including phenoxy) is 3. The van der Waals surface area contributed by atoms with Crippen LogP contribution in [-0.4, -0.2) is 157 Å². The van der Waals surface area contributed by atoms with Gasteiger partial charge in [-0.15, -0.1) is 0 Å². The average Bonchev–Trinajstić information content (AvgIpc) is 4.19. The highest BCUT2D eigenvalue weighted by atomic mass is 19.4. The Morgan fingerprint density at radius 1 is 0.785 bits per heavy atom. The second-order valence-corrected chi connectivity index (χ2v) is 20.9. The number of fused-ring (bicyclic) bond motifs is 2. The van der Waals surface area contributed by atoms with Gasteiger partial charge in [0.05, 0.1) is 74.2 Å². The number of alkyl carbamates (subject to hydrolysis) is 2. The number of aliphatic hydroxyl groups is 1. The van der Waals surface area contributed by atoms with Crippen molar-refractivity contribution in [3.63, 3.8) is 0 Å². The average molecular weight is 1120 g/mol. The summed E-state index contributed by atoms with van der Waals surface area (Å²) in [4.78, 5) is 62.1. The van der Waals surface area contributed by atoms with E-state index < -0.39 is 108 Å². The molecule has 2 aromatic heterocycles. The third kappa shape index (κ3) is 14.2. The van der Waals surface area contributed by atoms with E-state index in [1.807, 2.05) is 22.8 Å². The molecular weight excluding hydrogens is 1060 g/mol. The molecule has 2 saturated heterocycles. The van der Waals surface area contributed by atoms with Crippen LogP contribution in [0.2, 0.25) is 0 Å². The molecule has 1 saturated carbocycles. The predicted molar refractivity (Wildman–Crippen MR) is 269 cm³/mol. The highest BCUT2D eigenvalue weighted by Crippen LogP contribution is 2.42. The molecule has 428 valence electrons. The number of nitrogens with one attached hydrogen (secondary N) is 4. The molecule has 26 heteroatoms. The van der Waals surface area contributed by atoms with Crippen molar-refractivity contribution in [2.24, 2.45) is 10.8 Å². The molecule has 5 N–H and O–H groups in total. The maximum absolute atomic E-state index is 16.2. The molecule has 4 amide bonds. The summed E-state index contributed by atoms with van der Waals surface area (Å²) in [5.74, 6) is 1.30. The van der Waals surface area contributed by atoms with E-state index in [1.165, 1.54) is 18.2 Å². The smallest absolute Gasteiger partial charge is 0.407 e. The number of aliphatic hydroxyl groups excluding tert-OH is 1. The molecule has 2 aromatic carbocycles. The predicted octanol–water partition coefficient (Wildman–Crippen LogP) is 6.03. The Balaban J connectivity index is 1.19. The lowest BCUT2D eigenvalue weighted by molar-refractivity contribution is -0.221. The lowest BCUT2D eigenvalue weighted by atomic mass is 9.82. The number of alkyl halides is 6. The van der Waals surface area contributed by atoms with E-state index in [9.17, 15) is 50.6 Å². The lowest BCUT2D eigenvalue weighted by Crippen LogP contribution is -2.63.